The summed E-state index contributed by atoms with van der Waals surface area (Å²) in [5, 5.41) is 13.0. The molecule has 34 heavy (non-hydrogen) atoms. The highest BCUT2D eigenvalue weighted by molar-refractivity contribution is 7.99. The minimum atomic E-state index is -1.11. The Morgan fingerprint density at radius 1 is 1.00 bits per heavy atom. The fourth-order valence-corrected chi connectivity index (χ4v) is 4.47. The standard InChI is InChI=1S/C26H23N3O4S/c1-17-9-5-8-14-22(17)29-24(31)19-12-6-7-13-20(19)28-26(29)34-16-23(30)27-21(25(32)33)15-18-10-3-2-4-11-18/h2-14,21H,15-16H2,1H3,(H,27,30)(H,32,33)/t21-/m0/s1. The molecule has 0 saturated heterocycles. The summed E-state index contributed by atoms with van der Waals surface area (Å²) in [6, 6.07) is 22.6. The van der Waals surface area contributed by atoms with Crippen LogP contribution >= 0.6 is 11.8 Å². The van der Waals surface area contributed by atoms with Crippen molar-refractivity contribution in [2.45, 2.75) is 24.5 Å². The van der Waals surface area contributed by atoms with Crippen LogP contribution < -0.4 is 10.9 Å². The van der Waals surface area contributed by atoms with Crippen LogP contribution in [0.4, 0.5) is 0 Å². The van der Waals surface area contributed by atoms with E-state index < -0.39 is 17.9 Å². The fourth-order valence-electron chi connectivity index (χ4n) is 3.65. The van der Waals surface area contributed by atoms with E-state index in [9.17, 15) is 19.5 Å². The van der Waals surface area contributed by atoms with E-state index in [2.05, 4.69) is 10.3 Å². The van der Waals surface area contributed by atoms with Crippen molar-refractivity contribution in [1.82, 2.24) is 14.9 Å². The average molecular weight is 474 g/mol. The number of benzene rings is 3. The molecule has 0 spiro atoms. The first-order chi connectivity index (χ1) is 16.4. The molecule has 4 rings (SSSR count). The zero-order valence-electron chi connectivity index (χ0n) is 18.5. The van der Waals surface area contributed by atoms with E-state index in [1.54, 1.807) is 24.3 Å². The molecular formula is C26H23N3O4S. The lowest BCUT2D eigenvalue weighted by Crippen LogP contribution is -2.43. The molecule has 8 heteroatoms. The number of thioether (sulfide) groups is 1. The summed E-state index contributed by atoms with van der Waals surface area (Å²) < 4.78 is 1.51. The molecule has 0 unspecified atom stereocenters. The lowest BCUT2D eigenvalue weighted by Gasteiger charge is -2.16. The van der Waals surface area contributed by atoms with Crippen molar-refractivity contribution < 1.29 is 14.7 Å². The van der Waals surface area contributed by atoms with Gasteiger partial charge in [0, 0.05) is 6.42 Å². The van der Waals surface area contributed by atoms with Crippen LogP contribution in [0.1, 0.15) is 11.1 Å². The number of nitrogens with one attached hydrogen (secondary N) is 1. The van der Waals surface area contributed by atoms with Crippen LogP contribution in [0, 0.1) is 6.92 Å². The van der Waals surface area contributed by atoms with Gasteiger partial charge in [-0.25, -0.2) is 9.78 Å². The van der Waals surface area contributed by atoms with Crippen LogP contribution in [0.2, 0.25) is 0 Å². The second-order valence-corrected chi connectivity index (χ2v) is 8.72. The number of hydrogen-bond donors (Lipinski definition) is 2. The van der Waals surface area contributed by atoms with Crippen LogP contribution in [0.25, 0.3) is 16.6 Å². The quantitative estimate of drug-likeness (QED) is 0.300. The van der Waals surface area contributed by atoms with Gasteiger partial charge in [0.15, 0.2) is 5.16 Å². The Morgan fingerprint density at radius 2 is 1.68 bits per heavy atom. The first kappa shape index (κ1) is 23.3. The van der Waals surface area contributed by atoms with Gasteiger partial charge >= 0.3 is 5.97 Å². The molecule has 172 valence electrons. The molecule has 0 radical (unpaired) electrons. The number of para-hydroxylation sites is 2. The van der Waals surface area contributed by atoms with Gasteiger partial charge in [-0.05, 0) is 36.2 Å². The average Bonchev–Trinajstić information content (AvgIpc) is 2.84. The largest absolute Gasteiger partial charge is 0.480 e. The van der Waals surface area contributed by atoms with Crippen molar-refractivity contribution in [1.29, 1.82) is 0 Å². The highest BCUT2D eigenvalue weighted by Gasteiger charge is 2.21. The lowest BCUT2D eigenvalue weighted by atomic mass is 10.1. The van der Waals surface area contributed by atoms with Gasteiger partial charge in [-0.3, -0.25) is 14.2 Å². The van der Waals surface area contributed by atoms with E-state index in [4.69, 9.17) is 0 Å². The van der Waals surface area contributed by atoms with E-state index in [1.165, 1.54) is 4.57 Å². The smallest absolute Gasteiger partial charge is 0.326 e. The molecule has 4 aromatic rings. The molecule has 0 saturated carbocycles. The number of aliphatic carboxylic acids is 1. The number of carbonyl (C=O) groups is 2. The minimum absolute atomic E-state index is 0.0881. The van der Waals surface area contributed by atoms with E-state index in [0.717, 1.165) is 22.9 Å². The predicted molar refractivity (Wildman–Crippen MR) is 133 cm³/mol. The number of nitrogens with zero attached hydrogens (tertiary/aromatic N) is 2. The van der Waals surface area contributed by atoms with Crippen molar-refractivity contribution in [2.24, 2.45) is 0 Å². The summed E-state index contributed by atoms with van der Waals surface area (Å²) in [5.74, 6) is -1.65. The maximum Gasteiger partial charge on any atom is 0.326 e. The van der Waals surface area contributed by atoms with Crippen molar-refractivity contribution in [3.63, 3.8) is 0 Å². The van der Waals surface area contributed by atoms with Gasteiger partial charge in [0.05, 0.1) is 22.3 Å². The van der Waals surface area contributed by atoms with Gasteiger partial charge in [-0.1, -0.05) is 72.4 Å². The maximum atomic E-state index is 13.3. The number of carbonyl (C=O) groups excluding carboxylic acids is 1. The lowest BCUT2D eigenvalue weighted by molar-refractivity contribution is -0.141. The van der Waals surface area contributed by atoms with Gasteiger partial charge in [-0.15, -0.1) is 0 Å². The molecular weight excluding hydrogens is 450 g/mol. The number of aryl methyl sites for hydroxylation is 1. The number of aromatic nitrogens is 2. The Bertz CT molecular complexity index is 1400. The van der Waals surface area contributed by atoms with E-state index in [0.29, 0.717) is 21.7 Å². The summed E-state index contributed by atoms with van der Waals surface area (Å²) in [7, 11) is 0. The molecule has 1 heterocycles. The molecule has 0 fully saturated rings. The molecule has 1 aromatic heterocycles. The van der Waals surface area contributed by atoms with Gasteiger partial charge in [0.25, 0.3) is 5.56 Å². The second-order valence-electron chi connectivity index (χ2n) is 7.78. The third-order valence-electron chi connectivity index (χ3n) is 5.35. The summed E-state index contributed by atoms with van der Waals surface area (Å²) >= 11 is 1.09. The molecule has 0 aliphatic carbocycles. The Labute approximate surface area is 200 Å². The summed E-state index contributed by atoms with van der Waals surface area (Å²) in [6.45, 7) is 1.90. The minimum Gasteiger partial charge on any atom is -0.480 e. The topological polar surface area (TPSA) is 101 Å². The van der Waals surface area contributed by atoms with Crippen molar-refractivity contribution in [2.75, 3.05) is 5.75 Å². The van der Waals surface area contributed by atoms with Crippen LogP contribution in [-0.2, 0) is 16.0 Å². The summed E-state index contributed by atoms with van der Waals surface area (Å²) in [6.07, 6.45) is 0.175. The zero-order chi connectivity index (χ0) is 24.1. The number of amides is 1. The summed E-state index contributed by atoms with van der Waals surface area (Å²) in [4.78, 5) is 42.4. The monoisotopic (exact) mass is 473 g/mol. The molecule has 0 bridgehead atoms. The number of carboxylic acids is 1. The Balaban J connectivity index is 1.60. The van der Waals surface area contributed by atoms with Crippen molar-refractivity contribution in [3.8, 4) is 5.69 Å². The van der Waals surface area contributed by atoms with Gasteiger partial charge in [-0.2, -0.15) is 0 Å². The van der Waals surface area contributed by atoms with Crippen LogP contribution in [0.15, 0.2) is 88.8 Å². The van der Waals surface area contributed by atoms with Crippen LogP contribution in [0.3, 0.4) is 0 Å². The molecule has 3 aromatic carbocycles. The Kier molecular flexibility index (Phi) is 7.08. The Hall–Kier alpha value is -3.91. The van der Waals surface area contributed by atoms with Crippen molar-refractivity contribution in [3.05, 3.63) is 100 Å². The molecule has 0 aliphatic heterocycles. The fraction of sp³-hybridized carbons (Fsp3) is 0.154. The maximum absolute atomic E-state index is 13.3. The number of hydrogen-bond acceptors (Lipinski definition) is 5. The Morgan fingerprint density at radius 3 is 2.41 bits per heavy atom. The van der Waals surface area contributed by atoms with Gasteiger partial charge in [0.1, 0.15) is 6.04 Å². The molecule has 1 amide bonds. The van der Waals surface area contributed by atoms with Crippen LogP contribution in [-0.4, -0.2) is 38.3 Å². The number of rotatable bonds is 8. The van der Waals surface area contributed by atoms with E-state index in [1.807, 2.05) is 61.5 Å². The highest BCUT2D eigenvalue weighted by atomic mass is 32.2. The molecule has 1 atom stereocenters. The molecule has 0 aliphatic rings. The van der Waals surface area contributed by atoms with Crippen LogP contribution in [0.5, 0.6) is 0 Å². The van der Waals surface area contributed by atoms with Crippen molar-refractivity contribution >= 4 is 34.5 Å². The normalized spacial score (nSPS) is 11.8. The summed E-state index contributed by atoms with van der Waals surface area (Å²) in [5.41, 5.74) is 2.69. The number of carboxylic acid groups (broad SMARTS) is 1. The first-order valence-corrected chi connectivity index (χ1v) is 11.7. The molecule has 2 N–H and O–H groups in total. The second kappa shape index (κ2) is 10.4. The predicted octanol–water partition coefficient (Wildman–Crippen LogP) is 3.60. The van der Waals surface area contributed by atoms with E-state index >= 15 is 0 Å². The van der Waals surface area contributed by atoms with Gasteiger partial charge in [0.2, 0.25) is 5.91 Å². The third-order valence-corrected chi connectivity index (χ3v) is 6.29. The highest BCUT2D eigenvalue weighted by Crippen LogP contribution is 2.23. The molecule has 7 nitrogen and oxygen atoms in total. The van der Waals surface area contributed by atoms with E-state index in [-0.39, 0.29) is 17.7 Å². The van der Waals surface area contributed by atoms with Gasteiger partial charge < -0.3 is 10.4 Å². The number of fused-ring (bicyclic) bond motifs is 1. The third kappa shape index (κ3) is 5.18. The zero-order valence-corrected chi connectivity index (χ0v) is 19.3. The first-order valence-electron chi connectivity index (χ1n) is 10.7. The SMILES string of the molecule is Cc1ccccc1-n1c(SCC(=O)N[C@@H](Cc2ccccc2)C(=O)O)nc2ccccc2c1=O.